The number of amides is 1. The van der Waals surface area contributed by atoms with E-state index in [1.54, 1.807) is 0 Å². The Hall–Kier alpha value is -1.35. The highest BCUT2D eigenvalue weighted by Crippen LogP contribution is 2.26. The Labute approximate surface area is 115 Å². The van der Waals surface area contributed by atoms with E-state index >= 15 is 0 Å². The smallest absolute Gasteiger partial charge is 0.222 e. The van der Waals surface area contributed by atoms with Gasteiger partial charge < -0.3 is 10.2 Å². The van der Waals surface area contributed by atoms with Crippen LogP contribution in [0.4, 0.5) is 0 Å². The van der Waals surface area contributed by atoms with Crippen LogP contribution in [0.1, 0.15) is 17.5 Å². The Morgan fingerprint density at radius 2 is 1.84 bits per heavy atom. The molecule has 0 aromatic heterocycles. The molecule has 3 heteroatoms. The molecule has 2 aliphatic heterocycles. The topological polar surface area (TPSA) is 32.3 Å². The molecule has 1 amide bonds. The van der Waals surface area contributed by atoms with Gasteiger partial charge in [0.05, 0.1) is 0 Å². The maximum Gasteiger partial charge on any atom is 0.222 e. The lowest BCUT2D eigenvalue weighted by Gasteiger charge is -2.17. The predicted octanol–water partition coefficient (Wildman–Crippen LogP) is 1.61. The molecule has 2 atom stereocenters. The minimum Gasteiger partial charge on any atom is -0.342 e. The van der Waals surface area contributed by atoms with E-state index in [-0.39, 0.29) is 0 Å². The largest absolute Gasteiger partial charge is 0.342 e. The molecule has 0 unspecified atom stereocenters. The third-order valence-electron chi connectivity index (χ3n) is 4.49. The molecule has 102 valence electrons. The third kappa shape index (κ3) is 2.81. The van der Waals surface area contributed by atoms with E-state index in [0.29, 0.717) is 24.2 Å². The van der Waals surface area contributed by atoms with Crippen LogP contribution < -0.4 is 5.32 Å². The van der Waals surface area contributed by atoms with Gasteiger partial charge in [-0.15, -0.1) is 0 Å². The molecule has 3 nitrogen and oxygen atoms in total. The Bertz CT molecular complexity index is 442. The summed E-state index contributed by atoms with van der Waals surface area (Å²) in [6.45, 7) is 6.19. The van der Waals surface area contributed by atoms with Crippen LogP contribution >= 0.6 is 0 Å². The molecule has 0 bridgehead atoms. The van der Waals surface area contributed by atoms with Crippen molar-refractivity contribution in [1.29, 1.82) is 0 Å². The van der Waals surface area contributed by atoms with E-state index in [1.165, 1.54) is 11.1 Å². The second kappa shape index (κ2) is 5.33. The minimum absolute atomic E-state index is 0.329. The van der Waals surface area contributed by atoms with Crippen LogP contribution in [0.3, 0.4) is 0 Å². The summed E-state index contributed by atoms with van der Waals surface area (Å²) in [5, 5.41) is 3.41. The first-order valence-corrected chi connectivity index (χ1v) is 7.26. The van der Waals surface area contributed by atoms with Gasteiger partial charge in [-0.25, -0.2) is 0 Å². The standard InChI is InChI=1S/C16H22N2O/c1-12-2-4-13(5-3-12)6-7-16(19)18-10-14-8-17-9-15(14)11-18/h2-5,14-15,17H,6-11H2,1H3/t14-,15+. The molecular weight excluding hydrogens is 236 g/mol. The lowest BCUT2D eigenvalue weighted by molar-refractivity contribution is -0.130. The van der Waals surface area contributed by atoms with Crippen molar-refractivity contribution in [3.8, 4) is 0 Å². The molecule has 0 saturated carbocycles. The first-order chi connectivity index (χ1) is 9.22. The summed E-state index contributed by atoms with van der Waals surface area (Å²) in [7, 11) is 0. The lowest BCUT2D eigenvalue weighted by atomic mass is 10.0. The van der Waals surface area contributed by atoms with Crippen molar-refractivity contribution in [3.05, 3.63) is 35.4 Å². The zero-order valence-electron chi connectivity index (χ0n) is 11.6. The highest BCUT2D eigenvalue weighted by atomic mass is 16.2. The van der Waals surface area contributed by atoms with Crippen LogP contribution in [0.15, 0.2) is 24.3 Å². The molecule has 2 fully saturated rings. The number of benzene rings is 1. The number of fused-ring (bicyclic) bond motifs is 1. The van der Waals surface area contributed by atoms with Gasteiger partial charge in [-0.1, -0.05) is 29.8 Å². The zero-order chi connectivity index (χ0) is 13.2. The van der Waals surface area contributed by atoms with E-state index in [1.807, 2.05) is 0 Å². The van der Waals surface area contributed by atoms with Gasteiger partial charge in [-0.2, -0.15) is 0 Å². The van der Waals surface area contributed by atoms with E-state index in [9.17, 15) is 4.79 Å². The van der Waals surface area contributed by atoms with Crippen LogP contribution in [-0.2, 0) is 11.2 Å². The van der Waals surface area contributed by atoms with Gasteiger partial charge in [0, 0.05) is 32.6 Å². The number of rotatable bonds is 3. The second-order valence-corrected chi connectivity index (χ2v) is 5.96. The fraction of sp³-hybridized carbons (Fsp3) is 0.562. The minimum atomic E-state index is 0.329. The fourth-order valence-corrected chi connectivity index (χ4v) is 3.22. The molecule has 1 aromatic carbocycles. The number of hydrogen-bond acceptors (Lipinski definition) is 2. The number of likely N-dealkylation sites (tertiary alicyclic amines) is 1. The van der Waals surface area contributed by atoms with Crippen molar-refractivity contribution in [2.45, 2.75) is 19.8 Å². The molecule has 1 N–H and O–H groups in total. The molecule has 2 saturated heterocycles. The quantitative estimate of drug-likeness (QED) is 0.893. The first kappa shape index (κ1) is 12.7. The van der Waals surface area contributed by atoms with Crippen LogP contribution in [-0.4, -0.2) is 37.0 Å². The van der Waals surface area contributed by atoms with Crippen LogP contribution in [0.5, 0.6) is 0 Å². The molecule has 1 aromatic rings. The SMILES string of the molecule is Cc1ccc(CCC(=O)N2C[C@H]3CNC[C@H]3C2)cc1. The summed E-state index contributed by atoms with van der Waals surface area (Å²) in [5.74, 6) is 1.72. The summed E-state index contributed by atoms with van der Waals surface area (Å²) in [6, 6.07) is 8.49. The lowest BCUT2D eigenvalue weighted by Crippen LogP contribution is -2.31. The Morgan fingerprint density at radius 1 is 1.21 bits per heavy atom. The zero-order valence-corrected chi connectivity index (χ0v) is 11.6. The predicted molar refractivity (Wildman–Crippen MR) is 75.9 cm³/mol. The summed E-state index contributed by atoms with van der Waals surface area (Å²) in [5.41, 5.74) is 2.54. The number of nitrogens with one attached hydrogen (secondary N) is 1. The van der Waals surface area contributed by atoms with Gasteiger partial charge in [-0.05, 0) is 30.7 Å². The number of carbonyl (C=O) groups excluding carboxylic acids is 1. The van der Waals surface area contributed by atoms with Gasteiger partial charge in [0.15, 0.2) is 0 Å². The van der Waals surface area contributed by atoms with Crippen LogP contribution in [0, 0.1) is 18.8 Å². The Kier molecular flexibility index (Phi) is 3.56. The molecule has 3 rings (SSSR count). The highest BCUT2D eigenvalue weighted by molar-refractivity contribution is 5.76. The molecule has 2 heterocycles. The average molecular weight is 258 g/mol. The molecule has 2 aliphatic rings. The van der Waals surface area contributed by atoms with E-state index in [2.05, 4.69) is 41.4 Å². The van der Waals surface area contributed by atoms with Crippen molar-refractivity contribution in [1.82, 2.24) is 10.2 Å². The summed E-state index contributed by atoms with van der Waals surface area (Å²) < 4.78 is 0. The number of aryl methyl sites for hydroxylation is 2. The fourth-order valence-electron chi connectivity index (χ4n) is 3.22. The summed E-state index contributed by atoms with van der Waals surface area (Å²) >= 11 is 0. The molecule has 0 radical (unpaired) electrons. The van der Waals surface area contributed by atoms with Gasteiger partial charge in [0.25, 0.3) is 0 Å². The van der Waals surface area contributed by atoms with Gasteiger partial charge >= 0.3 is 0 Å². The molecule has 0 spiro atoms. The highest BCUT2D eigenvalue weighted by Gasteiger charge is 2.37. The number of hydrogen-bond donors (Lipinski definition) is 1. The Balaban J connectivity index is 1.50. The molecule has 19 heavy (non-hydrogen) atoms. The Morgan fingerprint density at radius 3 is 2.47 bits per heavy atom. The third-order valence-corrected chi connectivity index (χ3v) is 4.49. The van der Waals surface area contributed by atoms with Gasteiger partial charge in [0.2, 0.25) is 5.91 Å². The monoisotopic (exact) mass is 258 g/mol. The average Bonchev–Trinajstić information content (AvgIpc) is 2.98. The second-order valence-electron chi connectivity index (χ2n) is 5.96. The maximum absolute atomic E-state index is 12.2. The van der Waals surface area contributed by atoms with Crippen molar-refractivity contribution in [3.63, 3.8) is 0 Å². The number of nitrogens with zero attached hydrogens (tertiary/aromatic N) is 1. The first-order valence-electron chi connectivity index (χ1n) is 7.26. The van der Waals surface area contributed by atoms with Crippen molar-refractivity contribution in [2.24, 2.45) is 11.8 Å². The van der Waals surface area contributed by atoms with E-state index < -0.39 is 0 Å². The molecule has 0 aliphatic carbocycles. The van der Waals surface area contributed by atoms with Crippen LogP contribution in [0.2, 0.25) is 0 Å². The van der Waals surface area contributed by atoms with Crippen molar-refractivity contribution < 1.29 is 4.79 Å². The van der Waals surface area contributed by atoms with Crippen molar-refractivity contribution in [2.75, 3.05) is 26.2 Å². The maximum atomic E-state index is 12.2. The van der Waals surface area contributed by atoms with Crippen LogP contribution in [0.25, 0.3) is 0 Å². The number of carbonyl (C=O) groups is 1. The molecular formula is C16H22N2O. The van der Waals surface area contributed by atoms with E-state index in [0.717, 1.165) is 32.6 Å². The summed E-state index contributed by atoms with van der Waals surface area (Å²) in [6.07, 6.45) is 1.51. The normalized spacial score (nSPS) is 25.6. The van der Waals surface area contributed by atoms with Gasteiger partial charge in [-0.3, -0.25) is 4.79 Å². The summed E-state index contributed by atoms with van der Waals surface area (Å²) in [4.78, 5) is 14.3. The van der Waals surface area contributed by atoms with Crippen molar-refractivity contribution >= 4 is 5.91 Å². The van der Waals surface area contributed by atoms with E-state index in [4.69, 9.17) is 0 Å². The van der Waals surface area contributed by atoms with Gasteiger partial charge in [0.1, 0.15) is 0 Å².